The van der Waals surface area contributed by atoms with Gasteiger partial charge in [-0.1, -0.05) is 12.2 Å². The average molecular weight is 364 g/mol. The number of rotatable bonds is 3. The lowest BCUT2D eigenvalue weighted by molar-refractivity contribution is 0.312. The van der Waals surface area contributed by atoms with E-state index in [1.807, 2.05) is 0 Å². The van der Waals surface area contributed by atoms with Gasteiger partial charge in [0.25, 0.3) is 0 Å². The van der Waals surface area contributed by atoms with Crippen LogP contribution in [0.1, 0.15) is 12.8 Å². The topological polar surface area (TPSA) is 76.3 Å². The third kappa shape index (κ3) is 3.31. The summed E-state index contributed by atoms with van der Waals surface area (Å²) in [5.74, 6) is -0.0429. The molecular formula is C11H14BrN3O2S2. The van der Waals surface area contributed by atoms with E-state index in [4.69, 9.17) is 18.0 Å². The SMILES string of the molecule is NC(=S)C1CCCN(S(=O)(=O)c2cncc(Br)c2)C1. The number of nitrogens with zero attached hydrogens (tertiary/aromatic N) is 2. The van der Waals surface area contributed by atoms with Crippen molar-refractivity contribution in [3.05, 3.63) is 22.9 Å². The molecular weight excluding hydrogens is 350 g/mol. The maximum absolute atomic E-state index is 12.5. The van der Waals surface area contributed by atoms with Crippen LogP contribution in [0.5, 0.6) is 0 Å². The van der Waals surface area contributed by atoms with Crippen molar-refractivity contribution in [3.63, 3.8) is 0 Å². The van der Waals surface area contributed by atoms with Gasteiger partial charge in [-0.2, -0.15) is 4.31 Å². The Morgan fingerprint density at radius 3 is 2.89 bits per heavy atom. The Hall–Kier alpha value is -0.570. The van der Waals surface area contributed by atoms with Crippen molar-refractivity contribution in [2.24, 2.45) is 11.7 Å². The van der Waals surface area contributed by atoms with E-state index in [0.29, 0.717) is 22.6 Å². The number of aromatic nitrogens is 1. The van der Waals surface area contributed by atoms with Gasteiger partial charge in [-0.15, -0.1) is 0 Å². The van der Waals surface area contributed by atoms with Crippen LogP contribution in [0, 0.1) is 5.92 Å². The number of sulfonamides is 1. The van der Waals surface area contributed by atoms with Gasteiger partial charge in [0.1, 0.15) is 4.90 Å². The molecule has 1 saturated heterocycles. The summed E-state index contributed by atoms with van der Waals surface area (Å²) < 4.78 is 27.0. The first kappa shape index (κ1) is 14.8. The number of thiocarbonyl (C=S) groups is 1. The Labute approximate surface area is 126 Å². The van der Waals surface area contributed by atoms with Crippen LogP contribution in [0.25, 0.3) is 0 Å². The first-order chi connectivity index (χ1) is 8.91. The Morgan fingerprint density at radius 1 is 1.53 bits per heavy atom. The van der Waals surface area contributed by atoms with Crippen molar-refractivity contribution >= 4 is 43.2 Å². The Bertz CT molecular complexity index is 591. The number of piperidine rings is 1. The molecule has 1 atom stereocenters. The van der Waals surface area contributed by atoms with Gasteiger partial charge in [-0.05, 0) is 34.8 Å². The Balaban J connectivity index is 2.27. The van der Waals surface area contributed by atoms with Crippen molar-refractivity contribution in [1.29, 1.82) is 0 Å². The zero-order valence-corrected chi connectivity index (χ0v) is 13.3. The summed E-state index contributed by atoms with van der Waals surface area (Å²) in [4.78, 5) is 4.46. The zero-order valence-electron chi connectivity index (χ0n) is 10.1. The molecule has 2 N–H and O–H groups in total. The van der Waals surface area contributed by atoms with E-state index in [1.165, 1.54) is 10.5 Å². The number of hydrogen-bond donors (Lipinski definition) is 1. The first-order valence-corrected chi connectivity index (χ1v) is 8.45. The van der Waals surface area contributed by atoms with Crippen molar-refractivity contribution in [2.45, 2.75) is 17.7 Å². The Kier molecular flexibility index (Phi) is 4.54. The highest BCUT2D eigenvalue weighted by Gasteiger charge is 2.31. The van der Waals surface area contributed by atoms with Crippen molar-refractivity contribution in [2.75, 3.05) is 13.1 Å². The lowest BCUT2D eigenvalue weighted by Gasteiger charge is -2.31. The first-order valence-electron chi connectivity index (χ1n) is 5.81. The smallest absolute Gasteiger partial charge is 0.244 e. The van der Waals surface area contributed by atoms with Gasteiger partial charge < -0.3 is 5.73 Å². The van der Waals surface area contributed by atoms with E-state index in [2.05, 4.69) is 20.9 Å². The molecule has 0 radical (unpaired) electrons. The monoisotopic (exact) mass is 363 g/mol. The minimum Gasteiger partial charge on any atom is -0.393 e. The molecule has 104 valence electrons. The molecule has 1 aromatic heterocycles. The second kappa shape index (κ2) is 5.82. The van der Waals surface area contributed by atoms with E-state index < -0.39 is 10.0 Å². The molecule has 2 heterocycles. The molecule has 1 fully saturated rings. The second-order valence-corrected chi connectivity index (χ2v) is 7.77. The van der Waals surface area contributed by atoms with Gasteiger partial charge in [-0.3, -0.25) is 4.98 Å². The van der Waals surface area contributed by atoms with Gasteiger partial charge in [0, 0.05) is 35.9 Å². The minimum atomic E-state index is -3.53. The summed E-state index contributed by atoms with van der Waals surface area (Å²) in [6, 6.07) is 1.55. The van der Waals surface area contributed by atoms with Crippen LogP contribution < -0.4 is 5.73 Å². The predicted octanol–water partition coefficient (Wildman–Crippen LogP) is 1.53. The summed E-state index contributed by atoms with van der Waals surface area (Å²) in [5.41, 5.74) is 5.63. The van der Waals surface area contributed by atoms with Crippen LogP contribution in [0.2, 0.25) is 0 Å². The van der Waals surface area contributed by atoms with Gasteiger partial charge >= 0.3 is 0 Å². The van der Waals surface area contributed by atoms with Crippen molar-refractivity contribution < 1.29 is 8.42 Å². The molecule has 2 rings (SSSR count). The fraction of sp³-hybridized carbons (Fsp3) is 0.455. The van der Waals surface area contributed by atoms with Gasteiger partial charge in [0.2, 0.25) is 10.0 Å². The highest BCUT2D eigenvalue weighted by molar-refractivity contribution is 9.10. The highest BCUT2D eigenvalue weighted by atomic mass is 79.9. The Morgan fingerprint density at radius 2 is 2.26 bits per heavy atom. The van der Waals surface area contributed by atoms with Crippen LogP contribution in [0.15, 0.2) is 27.8 Å². The van der Waals surface area contributed by atoms with Gasteiger partial charge in [0.15, 0.2) is 0 Å². The molecule has 19 heavy (non-hydrogen) atoms. The number of pyridine rings is 1. The van der Waals surface area contributed by atoms with Crippen LogP contribution in [0.3, 0.4) is 0 Å². The number of hydrogen-bond acceptors (Lipinski definition) is 4. The summed E-state index contributed by atoms with van der Waals surface area (Å²) in [6.07, 6.45) is 4.51. The zero-order chi connectivity index (χ0) is 14.0. The standard InChI is InChI=1S/C11H14BrN3O2S2/c12-9-4-10(6-14-5-9)19(16,17)15-3-1-2-8(7-15)11(13)18/h4-6,8H,1-3,7H2,(H2,13,18). The molecule has 1 aliphatic heterocycles. The van der Waals surface area contributed by atoms with Crippen LogP contribution >= 0.6 is 28.1 Å². The second-order valence-electron chi connectivity index (χ2n) is 4.44. The molecule has 5 nitrogen and oxygen atoms in total. The van der Waals surface area contributed by atoms with Crippen molar-refractivity contribution in [3.8, 4) is 0 Å². The quantitative estimate of drug-likeness (QED) is 0.824. The van der Waals surface area contributed by atoms with Crippen LogP contribution in [0.4, 0.5) is 0 Å². The molecule has 0 aliphatic carbocycles. The van der Waals surface area contributed by atoms with Crippen LogP contribution in [-0.2, 0) is 10.0 Å². The van der Waals surface area contributed by atoms with Gasteiger partial charge in [0.05, 0.1) is 4.99 Å². The molecule has 1 aromatic rings. The van der Waals surface area contributed by atoms with E-state index >= 15 is 0 Å². The molecule has 0 saturated carbocycles. The predicted molar refractivity (Wildman–Crippen MR) is 80.2 cm³/mol. The summed E-state index contributed by atoms with van der Waals surface area (Å²) >= 11 is 8.19. The molecule has 1 aliphatic rings. The number of nitrogens with two attached hydrogens (primary N) is 1. The minimum absolute atomic E-state index is 0.0429. The third-order valence-electron chi connectivity index (χ3n) is 3.10. The summed E-state index contributed by atoms with van der Waals surface area (Å²) in [5, 5.41) is 0. The maximum atomic E-state index is 12.5. The average Bonchev–Trinajstić information content (AvgIpc) is 2.39. The normalized spacial score (nSPS) is 21.2. The third-order valence-corrected chi connectivity index (χ3v) is 5.70. The highest BCUT2D eigenvalue weighted by Crippen LogP contribution is 2.24. The lowest BCUT2D eigenvalue weighted by atomic mass is 10.0. The lowest BCUT2D eigenvalue weighted by Crippen LogP contribution is -2.43. The van der Waals surface area contributed by atoms with Crippen molar-refractivity contribution in [1.82, 2.24) is 9.29 Å². The molecule has 0 aromatic carbocycles. The van der Waals surface area contributed by atoms with Crippen LogP contribution in [-0.4, -0.2) is 35.8 Å². The fourth-order valence-electron chi connectivity index (χ4n) is 2.08. The molecule has 0 spiro atoms. The van der Waals surface area contributed by atoms with E-state index in [1.54, 1.807) is 12.3 Å². The maximum Gasteiger partial charge on any atom is 0.244 e. The fourth-order valence-corrected chi connectivity index (χ4v) is 4.30. The molecule has 1 unspecified atom stereocenters. The number of halogens is 1. The summed E-state index contributed by atoms with van der Waals surface area (Å²) in [7, 11) is -3.53. The molecule has 8 heteroatoms. The van der Waals surface area contributed by atoms with E-state index in [-0.39, 0.29) is 10.8 Å². The molecule has 0 amide bonds. The summed E-state index contributed by atoms with van der Waals surface area (Å²) in [6.45, 7) is 0.845. The molecule has 0 bridgehead atoms. The van der Waals surface area contributed by atoms with E-state index in [0.717, 1.165) is 12.8 Å². The van der Waals surface area contributed by atoms with Gasteiger partial charge in [-0.25, -0.2) is 8.42 Å². The van der Waals surface area contributed by atoms with E-state index in [9.17, 15) is 8.42 Å². The largest absolute Gasteiger partial charge is 0.393 e.